The largest absolute Gasteiger partial charge is 0.490 e. The molecule has 2 aromatic rings. The van der Waals surface area contributed by atoms with E-state index in [2.05, 4.69) is 4.98 Å². The third-order valence-electron chi connectivity index (χ3n) is 7.11. The summed E-state index contributed by atoms with van der Waals surface area (Å²) in [4.78, 5) is 15.7. The highest BCUT2D eigenvalue weighted by atomic mass is 19.1. The molecule has 0 spiro atoms. The van der Waals surface area contributed by atoms with Gasteiger partial charge in [0.15, 0.2) is 6.10 Å². The molecule has 5 rings (SSSR count). The summed E-state index contributed by atoms with van der Waals surface area (Å²) in [6, 6.07) is 7.04. The fourth-order valence-corrected chi connectivity index (χ4v) is 5.80. The second kappa shape index (κ2) is 8.61. The van der Waals surface area contributed by atoms with E-state index in [1.807, 2.05) is 16.7 Å². The topological polar surface area (TPSA) is 62.6 Å². The summed E-state index contributed by atoms with van der Waals surface area (Å²) in [5.74, 6) is 1.94. The summed E-state index contributed by atoms with van der Waals surface area (Å²) in [6.07, 6.45) is 7.16. The zero-order chi connectivity index (χ0) is 21.4. The fraction of sp³-hybridized carbons (Fsp3) is 0.583. The van der Waals surface area contributed by atoms with Crippen molar-refractivity contribution in [1.29, 1.82) is 0 Å². The number of halogens is 1. The molecule has 31 heavy (non-hydrogen) atoms. The highest BCUT2D eigenvalue weighted by Gasteiger charge is 2.38. The molecule has 7 heteroatoms. The molecule has 2 saturated carbocycles. The Labute approximate surface area is 181 Å². The number of methoxy groups -OCH3 is 1. The minimum atomic E-state index is -0.356. The highest BCUT2D eigenvalue weighted by Crippen LogP contribution is 2.50. The van der Waals surface area contributed by atoms with E-state index in [1.54, 1.807) is 7.11 Å². The van der Waals surface area contributed by atoms with Crippen molar-refractivity contribution >= 4 is 0 Å². The van der Waals surface area contributed by atoms with Gasteiger partial charge in [-0.1, -0.05) is 18.9 Å². The Hall–Kier alpha value is -2.41. The van der Waals surface area contributed by atoms with Gasteiger partial charge in [-0.05, 0) is 55.1 Å². The van der Waals surface area contributed by atoms with Gasteiger partial charge in [-0.25, -0.2) is 4.39 Å². The van der Waals surface area contributed by atoms with E-state index >= 15 is 4.39 Å². The molecule has 2 aliphatic carbocycles. The van der Waals surface area contributed by atoms with E-state index in [-0.39, 0.29) is 30.1 Å². The van der Waals surface area contributed by atoms with Crippen molar-refractivity contribution in [3.63, 3.8) is 0 Å². The monoisotopic (exact) mass is 428 g/mol. The molecule has 1 aromatic heterocycles. The Bertz CT molecular complexity index is 986. The molecule has 6 nitrogen and oxygen atoms in total. The predicted molar refractivity (Wildman–Crippen MR) is 113 cm³/mol. The predicted octanol–water partition coefficient (Wildman–Crippen LogP) is 4.05. The number of hydrogen-bond donors (Lipinski definition) is 0. The first-order valence-electron chi connectivity index (χ1n) is 11.3. The molecule has 3 aliphatic rings. The van der Waals surface area contributed by atoms with Gasteiger partial charge in [0.2, 0.25) is 0 Å². The fourth-order valence-electron chi connectivity index (χ4n) is 5.80. The van der Waals surface area contributed by atoms with Crippen LogP contribution in [0.3, 0.4) is 0 Å². The van der Waals surface area contributed by atoms with E-state index in [1.165, 1.54) is 50.7 Å². The first kappa shape index (κ1) is 20.5. The lowest BCUT2D eigenvalue weighted by atomic mass is 9.62. The Morgan fingerprint density at radius 1 is 1.16 bits per heavy atom. The SMILES string of the molecule is COCc1cc(=O)nc2n1CC(COc1ccc(C3C4CCCC3CCC4)c(F)c1)O2. The molecule has 0 saturated heterocycles. The molecule has 166 valence electrons. The zero-order valence-corrected chi connectivity index (χ0v) is 17.9. The molecule has 0 amide bonds. The smallest absolute Gasteiger partial charge is 0.300 e. The van der Waals surface area contributed by atoms with Crippen LogP contribution < -0.4 is 15.0 Å². The molecule has 2 bridgehead atoms. The number of fused-ring (bicyclic) bond motifs is 3. The van der Waals surface area contributed by atoms with Crippen LogP contribution in [0.4, 0.5) is 4.39 Å². The molecule has 2 fully saturated rings. The van der Waals surface area contributed by atoms with Crippen LogP contribution in [-0.2, 0) is 17.9 Å². The summed E-state index contributed by atoms with van der Waals surface area (Å²) >= 11 is 0. The Morgan fingerprint density at radius 3 is 2.58 bits per heavy atom. The molecule has 1 aromatic carbocycles. The van der Waals surface area contributed by atoms with Crippen molar-refractivity contribution in [3.05, 3.63) is 51.7 Å². The third-order valence-corrected chi connectivity index (χ3v) is 7.11. The van der Waals surface area contributed by atoms with Gasteiger partial charge in [0.25, 0.3) is 5.56 Å². The lowest BCUT2D eigenvalue weighted by molar-refractivity contribution is 0.141. The number of nitrogens with zero attached hydrogens (tertiary/aromatic N) is 2. The number of hydrogen-bond acceptors (Lipinski definition) is 5. The van der Waals surface area contributed by atoms with E-state index < -0.39 is 0 Å². The molecule has 0 radical (unpaired) electrons. The van der Waals surface area contributed by atoms with Gasteiger partial charge in [-0.15, -0.1) is 0 Å². The summed E-state index contributed by atoms with van der Waals surface area (Å²) < 4.78 is 33.7. The van der Waals surface area contributed by atoms with Crippen molar-refractivity contribution < 1.29 is 18.6 Å². The van der Waals surface area contributed by atoms with Gasteiger partial charge < -0.3 is 14.2 Å². The Morgan fingerprint density at radius 2 is 1.90 bits per heavy atom. The van der Waals surface area contributed by atoms with Crippen molar-refractivity contribution in [2.45, 2.75) is 63.7 Å². The molecule has 2 heterocycles. The normalized spacial score (nSPS) is 26.9. The van der Waals surface area contributed by atoms with Crippen LogP contribution in [0.15, 0.2) is 29.1 Å². The van der Waals surface area contributed by atoms with Crippen LogP contribution in [0.25, 0.3) is 0 Å². The van der Waals surface area contributed by atoms with E-state index in [0.717, 1.165) is 5.56 Å². The van der Waals surface area contributed by atoms with Gasteiger partial charge in [0.1, 0.15) is 18.2 Å². The molecule has 1 aliphatic heterocycles. The molecular weight excluding hydrogens is 399 g/mol. The number of benzene rings is 1. The van der Waals surface area contributed by atoms with Crippen LogP contribution in [0.1, 0.15) is 55.7 Å². The first-order valence-corrected chi connectivity index (χ1v) is 11.3. The quantitative estimate of drug-likeness (QED) is 0.695. The Balaban J connectivity index is 1.25. The van der Waals surface area contributed by atoms with Gasteiger partial charge in [0, 0.05) is 19.2 Å². The number of aromatic nitrogens is 2. The maximum absolute atomic E-state index is 15.1. The average Bonchev–Trinajstić information content (AvgIpc) is 3.15. The second-order valence-corrected chi connectivity index (χ2v) is 9.05. The van der Waals surface area contributed by atoms with E-state index in [0.29, 0.717) is 42.3 Å². The van der Waals surface area contributed by atoms with Crippen LogP contribution in [0, 0.1) is 17.7 Å². The van der Waals surface area contributed by atoms with Gasteiger partial charge >= 0.3 is 6.01 Å². The Kier molecular flexibility index (Phi) is 5.69. The van der Waals surface area contributed by atoms with Crippen LogP contribution >= 0.6 is 0 Å². The van der Waals surface area contributed by atoms with Crippen molar-refractivity contribution in [1.82, 2.24) is 9.55 Å². The average molecular weight is 429 g/mol. The maximum atomic E-state index is 15.1. The molecule has 0 N–H and O–H groups in total. The highest BCUT2D eigenvalue weighted by molar-refractivity contribution is 5.32. The van der Waals surface area contributed by atoms with Crippen molar-refractivity contribution in [2.75, 3.05) is 13.7 Å². The van der Waals surface area contributed by atoms with Gasteiger partial charge in [-0.3, -0.25) is 9.36 Å². The molecule has 1 unspecified atom stereocenters. The third kappa shape index (κ3) is 4.07. The standard InChI is InChI=1S/C24H29FN2O4/c1-29-13-17-10-22(28)26-24-27(17)12-19(31-24)14-30-18-8-9-20(21(25)11-18)23-15-4-2-5-16(23)7-3-6-15/h8-11,15-16,19,23H,2-7,12-14H2,1H3. The maximum Gasteiger partial charge on any atom is 0.300 e. The minimum absolute atomic E-state index is 0.161. The van der Waals surface area contributed by atoms with Crippen LogP contribution in [0.2, 0.25) is 0 Å². The van der Waals surface area contributed by atoms with Gasteiger partial charge in [0.05, 0.1) is 18.8 Å². The van der Waals surface area contributed by atoms with Gasteiger partial charge in [-0.2, -0.15) is 4.98 Å². The minimum Gasteiger partial charge on any atom is -0.490 e. The molecule has 1 atom stereocenters. The second-order valence-electron chi connectivity index (χ2n) is 9.05. The van der Waals surface area contributed by atoms with E-state index in [9.17, 15) is 4.79 Å². The number of ether oxygens (including phenoxy) is 3. The number of rotatable bonds is 6. The van der Waals surface area contributed by atoms with Crippen LogP contribution in [-0.4, -0.2) is 29.4 Å². The van der Waals surface area contributed by atoms with E-state index in [4.69, 9.17) is 14.2 Å². The lowest BCUT2D eigenvalue weighted by Crippen LogP contribution is -2.31. The molecular formula is C24H29FN2O4. The zero-order valence-electron chi connectivity index (χ0n) is 17.9. The summed E-state index contributed by atoms with van der Waals surface area (Å²) in [7, 11) is 1.58. The van der Waals surface area contributed by atoms with Crippen molar-refractivity contribution in [3.8, 4) is 11.8 Å². The lowest BCUT2D eigenvalue weighted by Gasteiger charge is -2.43. The first-order chi connectivity index (χ1) is 15.1. The summed E-state index contributed by atoms with van der Waals surface area (Å²) in [5, 5.41) is 0. The summed E-state index contributed by atoms with van der Waals surface area (Å²) in [5.41, 5.74) is 1.22. The summed E-state index contributed by atoms with van der Waals surface area (Å²) in [6.45, 7) is 1.06. The van der Waals surface area contributed by atoms with Crippen molar-refractivity contribution in [2.24, 2.45) is 11.8 Å². The van der Waals surface area contributed by atoms with Crippen LogP contribution in [0.5, 0.6) is 11.8 Å².